The SMILES string of the molecule is Cc1cccc(NS(=O)(=O)c2cc(C(=O)Nc3cc(C)on3)sc2C)c1. The summed E-state index contributed by atoms with van der Waals surface area (Å²) in [5.41, 5.74) is 1.41. The molecule has 7 nitrogen and oxygen atoms in total. The lowest BCUT2D eigenvalue weighted by Gasteiger charge is -2.08. The van der Waals surface area contributed by atoms with Crippen LogP contribution in [0.4, 0.5) is 11.5 Å². The van der Waals surface area contributed by atoms with Gasteiger partial charge in [-0.15, -0.1) is 11.3 Å². The minimum Gasteiger partial charge on any atom is -0.360 e. The summed E-state index contributed by atoms with van der Waals surface area (Å²) in [4.78, 5) is 13.2. The summed E-state index contributed by atoms with van der Waals surface area (Å²) >= 11 is 1.10. The number of carbonyl (C=O) groups excluding carboxylic acids is 1. The van der Waals surface area contributed by atoms with Crippen molar-refractivity contribution in [3.05, 3.63) is 57.5 Å². The third-order valence-electron chi connectivity index (χ3n) is 3.53. The fourth-order valence-electron chi connectivity index (χ4n) is 2.37. The standard InChI is InChI=1S/C17H17N3O4S2/c1-10-5-4-6-13(7-10)20-26(22,23)15-9-14(25-12(15)3)17(21)18-16-8-11(2)24-19-16/h4-9,20H,1-3H3,(H,18,19,21). The van der Waals surface area contributed by atoms with Gasteiger partial charge in [-0.3, -0.25) is 9.52 Å². The Hall–Kier alpha value is -2.65. The predicted molar refractivity (Wildman–Crippen MR) is 100 cm³/mol. The van der Waals surface area contributed by atoms with Gasteiger partial charge in [0.25, 0.3) is 15.9 Å². The van der Waals surface area contributed by atoms with Crippen LogP contribution in [0.1, 0.15) is 25.9 Å². The fourth-order valence-corrected chi connectivity index (χ4v) is 4.90. The van der Waals surface area contributed by atoms with Crippen molar-refractivity contribution in [3.63, 3.8) is 0 Å². The second-order valence-corrected chi connectivity index (χ2v) is 8.69. The Bertz CT molecular complexity index is 1070. The van der Waals surface area contributed by atoms with E-state index in [1.165, 1.54) is 6.07 Å². The molecule has 136 valence electrons. The highest BCUT2D eigenvalue weighted by Crippen LogP contribution is 2.28. The fraction of sp³-hybridized carbons (Fsp3) is 0.176. The van der Waals surface area contributed by atoms with Crippen LogP contribution >= 0.6 is 11.3 Å². The van der Waals surface area contributed by atoms with Crippen molar-refractivity contribution in [3.8, 4) is 0 Å². The van der Waals surface area contributed by atoms with E-state index in [1.807, 2.05) is 13.0 Å². The van der Waals surface area contributed by atoms with Crippen molar-refractivity contribution < 1.29 is 17.7 Å². The largest absolute Gasteiger partial charge is 0.360 e. The van der Waals surface area contributed by atoms with Gasteiger partial charge < -0.3 is 9.84 Å². The molecular weight excluding hydrogens is 374 g/mol. The van der Waals surface area contributed by atoms with E-state index in [9.17, 15) is 13.2 Å². The van der Waals surface area contributed by atoms with Crippen LogP contribution < -0.4 is 10.0 Å². The van der Waals surface area contributed by atoms with E-state index in [0.29, 0.717) is 16.3 Å². The van der Waals surface area contributed by atoms with Gasteiger partial charge in [-0.05, 0) is 44.5 Å². The van der Waals surface area contributed by atoms with Crippen molar-refractivity contribution in [2.45, 2.75) is 25.7 Å². The second kappa shape index (κ2) is 6.93. The predicted octanol–water partition coefficient (Wildman–Crippen LogP) is 3.71. The lowest BCUT2D eigenvalue weighted by atomic mass is 10.2. The van der Waals surface area contributed by atoms with E-state index < -0.39 is 15.9 Å². The number of nitrogens with zero attached hydrogens (tertiary/aromatic N) is 1. The third-order valence-corrected chi connectivity index (χ3v) is 6.21. The van der Waals surface area contributed by atoms with Gasteiger partial charge >= 0.3 is 0 Å². The quantitative estimate of drug-likeness (QED) is 0.690. The van der Waals surface area contributed by atoms with Gasteiger partial charge in [-0.25, -0.2) is 8.42 Å². The average molecular weight is 391 g/mol. The first-order valence-electron chi connectivity index (χ1n) is 7.69. The van der Waals surface area contributed by atoms with Gasteiger partial charge in [-0.2, -0.15) is 0 Å². The number of carbonyl (C=O) groups is 1. The van der Waals surface area contributed by atoms with Gasteiger partial charge in [0.05, 0.1) is 4.88 Å². The van der Waals surface area contributed by atoms with Crippen molar-refractivity contribution in [1.82, 2.24) is 5.16 Å². The number of hydrogen-bond acceptors (Lipinski definition) is 6. The Morgan fingerprint density at radius 1 is 1.15 bits per heavy atom. The summed E-state index contributed by atoms with van der Waals surface area (Å²) in [5, 5.41) is 6.27. The molecule has 3 rings (SSSR count). The molecule has 1 aromatic carbocycles. The Kier molecular flexibility index (Phi) is 4.84. The van der Waals surface area contributed by atoms with Gasteiger partial charge in [0.15, 0.2) is 5.82 Å². The zero-order valence-corrected chi connectivity index (χ0v) is 16.0. The number of thiophene rings is 1. The monoisotopic (exact) mass is 391 g/mol. The molecule has 0 aliphatic rings. The number of aryl methyl sites for hydroxylation is 3. The minimum absolute atomic E-state index is 0.0745. The van der Waals surface area contributed by atoms with Crippen LogP contribution in [0.15, 0.2) is 45.8 Å². The van der Waals surface area contributed by atoms with E-state index in [2.05, 4.69) is 15.2 Å². The van der Waals surface area contributed by atoms with Gasteiger partial charge in [0.1, 0.15) is 10.7 Å². The molecule has 0 spiro atoms. The number of anilines is 2. The molecule has 0 saturated carbocycles. The molecule has 26 heavy (non-hydrogen) atoms. The Labute approximate surface area is 155 Å². The minimum atomic E-state index is -3.80. The third kappa shape index (κ3) is 3.94. The maximum atomic E-state index is 12.7. The molecule has 0 aliphatic heterocycles. The highest BCUT2D eigenvalue weighted by molar-refractivity contribution is 7.93. The highest BCUT2D eigenvalue weighted by atomic mass is 32.2. The average Bonchev–Trinajstić information content (AvgIpc) is 3.13. The maximum absolute atomic E-state index is 12.7. The molecule has 0 unspecified atom stereocenters. The molecule has 9 heteroatoms. The second-order valence-electron chi connectivity index (χ2n) is 5.78. The molecule has 3 aromatic rings. The van der Waals surface area contributed by atoms with Crippen LogP contribution in [-0.4, -0.2) is 19.5 Å². The Morgan fingerprint density at radius 2 is 1.92 bits per heavy atom. The van der Waals surface area contributed by atoms with Crippen molar-refractivity contribution in [2.24, 2.45) is 0 Å². The molecule has 0 aliphatic carbocycles. The summed E-state index contributed by atoms with van der Waals surface area (Å²) in [5.74, 6) is 0.400. The smallest absolute Gasteiger partial charge is 0.267 e. The molecule has 0 saturated heterocycles. The van der Waals surface area contributed by atoms with Gasteiger partial charge in [0.2, 0.25) is 0 Å². The number of sulfonamides is 1. The highest BCUT2D eigenvalue weighted by Gasteiger charge is 2.23. The molecule has 2 heterocycles. The van der Waals surface area contributed by atoms with Crippen LogP contribution in [0.2, 0.25) is 0 Å². The number of rotatable bonds is 5. The van der Waals surface area contributed by atoms with Gasteiger partial charge in [-0.1, -0.05) is 17.3 Å². The molecule has 0 fully saturated rings. The lowest BCUT2D eigenvalue weighted by molar-refractivity contribution is 0.102. The first-order chi connectivity index (χ1) is 12.2. The van der Waals surface area contributed by atoms with Crippen molar-refractivity contribution >= 4 is 38.8 Å². The van der Waals surface area contributed by atoms with E-state index >= 15 is 0 Å². The van der Waals surface area contributed by atoms with Crippen LogP contribution in [-0.2, 0) is 10.0 Å². The van der Waals surface area contributed by atoms with Crippen LogP contribution in [0.3, 0.4) is 0 Å². The molecule has 0 atom stereocenters. The molecule has 0 radical (unpaired) electrons. The first kappa shape index (κ1) is 18.2. The van der Waals surface area contributed by atoms with Crippen molar-refractivity contribution in [1.29, 1.82) is 0 Å². The summed E-state index contributed by atoms with van der Waals surface area (Å²) < 4.78 is 32.8. The number of benzene rings is 1. The zero-order valence-electron chi connectivity index (χ0n) is 14.4. The zero-order chi connectivity index (χ0) is 18.9. The lowest BCUT2D eigenvalue weighted by Crippen LogP contribution is -2.14. The Morgan fingerprint density at radius 3 is 2.58 bits per heavy atom. The molecule has 0 bridgehead atoms. The van der Waals surface area contributed by atoms with Crippen LogP contribution in [0.5, 0.6) is 0 Å². The molecule has 2 N–H and O–H groups in total. The molecular formula is C17H17N3O4S2. The first-order valence-corrected chi connectivity index (χ1v) is 9.99. The van der Waals surface area contributed by atoms with E-state index in [1.54, 1.807) is 38.1 Å². The maximum Gasteiger partial charge on any atom is 0.267 e. The van der Waals surface area contributed by atoms with Crippen LogP contribution in [0.25, 0.3) is 0 Å². The Balaban J connectivity index is 1.83. The van der Waals surface area contributed by atoms with Gasteiger partial charge in [0, 0.05) is 16.6 Å². The van der Waals surface area contributed by atoms with E-state index in [0.717, 1.165) is 16.9 Å². The number of hydrogen-bond donors (Lipinski definition) is 2. The van der Waals surface area contributed by atoms with Crippen molar-refractivity contribution in [2.75, 3.05) is 10.0 Å². The summed E-state index contributed by atoms with van der Waals surface area (Å²) in [6.45, 7) is 5.24. The summed E-state index contributed by atoms with van der Waals surface area (Å²) in [7, 11) is -3.80. The number of aromatic nitrogens is 1. The van der Waals surface area contributed by atoms with Crippen LogP contribution in [0, 0.1) is 20.8 Å². The number of nitrogens with one attached hydrogen (secondary N) is 2. The van der Waals surface area contributed by atoms with E-state index in [4.69, 9.17) is 4.52 Å². The summed E-state index contributed by atoms with van der Waals surface area (Å²) in [6, 6.07) is 10.00. The van der Waals surface area contributed by atoms with E-state index in [-0.39, 0.29) is 15.6 Å². The normalized spacial score (nSPS) is 11.3. The number of amides is 1. The topological polar surface area (TPSA) is 101 Å². The molecule has 2 aromatic heterocycles. The molecule has 1 amide bonds. The summed E-state index contributed by atoms with van der Waals surface area (Å²) in [6.07, 6.45) is 0.